The van der Waals surface area contributed by atoms with Crippen LogP contribution in [0.25, 0.3) is 0 Å². The zero-order valence-electron chi connectivity index (χ0n) is 15.8. The number of amides is 1. The lowest BCUT2D eigenvalue weighted by Gasteiger charge is -2.30. The van der Waals surface area contributed by atoms with Gasteiger partial charge in [0.15, 0.2) is 0 Å². The van der Waals surface area contributed by atoms with E-state index in [1.165, 1.54) is 12.8 Å². The summed E-state index contributed by atoms with van der Waals surface area (Å²) in [5.74, 6) is 0.158. The molecule has 1 aliphatic rings. The first-order valence-electron chi connectivity index (χ1n) is 9.76. The molecule has 1 aromatic rings. The second-order valence-electron chi connectivity index (χ2n) is 7.16. The summed E-state index contributed by atoms with van der Waals surface area (Å²) in [4.78, 5) is 13.8. The molecule has 26 heavy (non-hydrogen) atoms. The van der Waals surface area contributed by atoms with Gasteiger partial charge in [0.1, 0.15) is 0 Å². The van der Waals surface area contributed by atoms with Gasteiger partial charge in [-0.3, -0.25) is 4.79 Å². The van der Waals surface area contributed by atoms with Crippen molar-refractivity contribution in [1.29, 1.82) is 0 Å². The van der Waals surface area contributed by atoms with E-state index in [1.807, 2.05) is 35.2 Å². The number of benzene rings is 1. The van der Waals surface area contributed by atoms with Crippen LogP contribution in [0.2, 0.25) is 0 Å². The van der Waals surface area contributed by atoms with Crippen LogP contribution in [0.4, 0.5) is 0 Å². The molecule has 0 bridgehead atoms. The van der Waals surface area contributed by atoms with Gasteiger partial charge in [-0.2, -0.15) is 0 Å². The Labute approximate surface area is 158 Å². The Bertz CT molecular complexity index is 638. The molecule has 1 N–H and O–H groups in total. The number of rotatable bonds is 9. The second-order valence-corrected chi connectivity index (χ2v) is 9.09. The van der Waals surface area contributed by atoms with Crippen LogP contribution in [0.15, 0.2) is 30.3 Å². The predicted molar refractivity (Wildman–Crippen MR) is 105 cm³/mol. The average Bonchev–Trinajstić information content (AvgIpc) is 2.88. The molecule has 0 unspecified atom stereocenters. The molecule has 1 aliphatic carbocycles. The van der Waals surface area contributed by atoms with E-state index >= 15 is 0 Å². The molecular weight excluding hydrogens is 348 g/mol. The maximum absolute atomic E-state index is 12.2. The summed E-state index contributed by atoms with van der Waals surface area (Å²) in [7, 11) is -3.30. The van der Waals surface area contributed by atoms with Gasteiger partial charge in [-0.1, -0.05) is 56.0 Å². The molecule has 0 spiro atoms. The minimum Gasteiger partial charge on any atom is -0.339 e. The largest absolute Gasteiger partial charge is 0.339 e. The van der Waals surface area contributed by atoms with E-state index in [0.717, 1.165) is 37.7 Å². The third-order valence-electron chi connectivity index (χ3n) is 5.07. The summed E-state index contributed by atoms with van der Waals surface area (Å²) < 4.78 is 27.0. The lowest BCUT2D eigenvalue weighted by Crippen LogP contribution is -2.43. The first-order valence-corrected chi connectivity index (χ1v) is 11.4. The van der Waals surface area contributed by atoms with E-state index in [2.05, 4.69) is 4.72 Å². The van der Waals surface area contributed by atoms with E-state index in [0.29, 0.717) is 19.5 Å². The SMILES string of the molecule is CC(=O)N(CCNS(=O)(=O)CCCc1ccccc1)C1CCCCCC1. The summed E-state index contributed by atoms with van der Waals surface area (Å²) in [5, 5.41) is 0. The third-order valence-corrected chi connectivity index (χ3v) is 6.54. The molecule has 0 aliphatic heterocycles. The van der Waals surface area contributed by atoms with Crippen molar-refractivity contribution in [3.8, 4) is 0 Å². The molecule has 1 amide bonds. The van der Waals surface area contributed by atoms with Gasteiger partial charge in [0.2, 0.25) is 15.9 Å². The van der Waals surface area contributed by atoms with Gasteiger partial charge >= 0.3 is 0 Å². The Morgan fingerprint density at radius 1 is 1.12 bits per heavy atom. The minimum atomic E-state index is -3.30. The highest BCUT2D eigenvalue weighted by molar-refractivity contribution is 7.89. The van der Waals surface area contributed by atoms with Crippen molar-refractivity contribution in [2.45, 2.75) is 64.3 Å². The van der Waals surface area contributed by atoms with Crippen LogP contribution >= 0.6 is 0 Å². The number of nitrogens with zero attached hydrogens (tertiary/aromatic N) is 1. The van der Waals surface area contributed by atoms with Gasteiger partial charge in [0.05, 0.1) is 5.75 Å². The van der Waals surface area contributed by atoms with Gasteiger partial charge in [-0.25, -0.2) is 13.1 Å². The molecule has 0 heterocycles. The van der Waals surface area contributed by atoms with Gasteiger partial charge in [0.25, 0.3) is 0 Å². The van der Waals surface area contributed by atoms with Crippen molar-refractivity contribution in [3.05, 3.63) is 35.9 Å². The van der Waals surface area contributed by atoms with Crippen molar-refractivity contribution in [2.75, 3.05) is 18.8 Å². The van der Waals surface area contributed by atoms with E-state index in [4.69, 9.17) is 0 Å². The number of hydrogen-bond acceptors (Lipinski definition) is 3. The van der Waals surface area contributed by atoms with Crippen molar-refractivity contribution in [1.82, 2.24) is 9.62 Å². The zero-order chi connectivity index (χ0) is 18.8. The fraction of sp³-hybridized carbons (Fsp3) is 0.650. The topological polar surface area (TPSA) is 66.5 Å². The summed E-state index contributed by atoms with van der Waals surface area (Å²) in [5.41, 5.74) is 1.15. The van der Waals surface area contributed by atoms with Crippen LogP contribution in [-0.4, -0.2) is 44.1 Å². The number of carbonyl (C=O) groups excluding carboxylic acids is 1. The highest BCUT2D eigenvalue weighted by Gasteiger charge is 2.22. The Morgan fingerprint density at radius 3 is 2.38 bits per heavy atom. The molecular formula is C20H32N2O3S. The normalized spacial score (nSPS) is 16.2. The maximum atomic E-state index is 12.2. The quantitative estimate of drug-likeness (QED) is 0.670. The minimum absolute atomic E-state index is 0.0418. The summed E-state index contributed by atoms with van der Waals surface area (Å²) in [6, 6.07) is 10.2. The summed E-state index contributed by atoms with van der Waals surface area (Å²) in [6.07, 6.45) is 8.18. The number of nitrogens with one attached hydrogen (secondary N) is 1. The highest BCUT2D eigenvalue weighted by Crippen LogP contribution is 2.21. The average molecular weight is 381 g/mol. The van der Waals surface area contributed by atoms with Crippen molar-refractivity contribution < 1.29 is 13.2 Å². The third kappa shape index (κ3) is 7.46. The molecule has 1 saturated carbocycles. The van der Waals surface area contributed by atoms with E-state index < -0.39 is 10.0 Å². The van der Waals surface area contributed by atoms with E-state index in [1.54, 1.807) is 6.92 Å². The van der Waals surface area contributed by atoms with Crippen molar-refractivity contribution in [3.63, 3.8) is 0 Å². The fourth-order valence-electron chi connectivity index (χ4n) is 3.67. The van der Waals surface area contributed by atoms with Crippen LogP contribution in [0.1, 0.15) is 57.4 Å². The summed E-state index contributed by atoms with van der Waals surface area (Å²) >= 11 is 0. The second kappa shape index (κ2) is 10.7. The molecule has 146 valence electrons. The molecule has 0 radical (unpaired) electrons. The molecule has 2 rings (SSSR count). The van der Waals surface area contributed by atoms with Crippen LogP contribution in [0.5, 0.6) is 0 Å². The molecule has 6 heteroatoms. The molecule has 0 atom stereocenters. The molecule has 1 fully saturated rings. The number of hydrogen-bond donors (Lipinski definition) is 1. The van der Waals surface area contributed by atoms with Crippen LogP contribution in [0, 0.1) is 0 Å². The summed E-state index contributed by atoms with van der Waals surface area (Å²) in [6.45, 7) is 2.33. The molecule has 5 nitrogen and oxygen atoms in total. The molecule has 0 aromatic heterocycles. The first-order chi connectivity index (χ1) is 12.5. The lowest BCUT2D eigenvalue weighted by atomic mass is 10.1. The van der Waals surface area contributed by atoms with E-state index in [9.17, 15) is 13.2 Å². The lowest BCUT2D eigenvalue weighted by molar-refractivity contribution is -0.131. The fourth-order valence-corrected chi connectivity index (χ4v) is 4.74. The van der Waals surface area contributed by atoms with Crippen LogP contribution in [0.3, 0.4) is 0 Å². The van der Waals surface area contributed by atoms with Gasteiger partial charge < -0.3 is 4.90 Å². The van der Waals surface area contributed by atoms with Crippen LogP contribution < -0.4 is 4.72 Å². The van der Waals surface area contributed by atoms with Gasteiger partial charge in [0, 0.05) is 26.1 Å². The Kier molecular flexibility index (Phi) is 8.59. The monoisotopic (exact) mass is 380 g/mol. The zero-order valence-corrected chi connectivity index (χ0v) is 16.6. The Balaban J connectivity index is 1.75. The van der Waals surface area contributed by atoms with Crippen molar-refractivity contribution in [2.24, 2.45) is 0 Å². The Morgan fingerprint density at radius 2 is 1.77 bits per heavy atom. The highest BCUT2D eigenvalue weighted by atomic mass is 32.2. The van der Waals surface area contributed by atoms with E-state index in [-0.39, 0.29) is 17.7 Å². The van der Waals surface area contributed by atoms with Gasteiger partial charge in [-0.15, -0.1) is 0 Å². The smallest absolute Gasteiger partial charge is 0.219 e. The number of sulfonamides is 1. The standard InChI is InChI=1S/C20H32N2O3S/c1-18(23)22(20-13-7-2-3-8-14-20)16-15-21-26(24,25)17-9-12-19-10-5-4-6-11-19/h4-6,10-11,20-21H,2-3,7-9,12-17H2,1H3. The molecule has 0 saturated heterocycles. The van der Waals surface area contributed by atoms with Crippen LogP contribution in [-0.2, 0) is 21.2 Å². The maximum Gasteiger partial charge on any atom is 0.219 e. The predicted octanol–water partition coefficient (Wildman–Crippen LogP) is 3.11. The Hall–Kier alpha value is -1.40. The molecule has 1 aromatic carbocycles. The number of aryl methyl sites for hydroxylation is 1. The number of carbonyl (C=O) groups is 1. The van der Waals surface area contributed by atoms with Gasteiger partial charge in [-0.05, 0) is 31.2 Å². The first kappa shape index (κ1) is 20.9. The van der Waals surface area contributed by atoms with Crippen molar-refractivity contribution >= 4 is 15.9 Å².